The summed E-state index contributed by atoms with van der Waals surface area (Å²) in [5, 5.41) is 0. The van der Waals surface area contributed by atoms with E-state index in [0.29, 0.717) is 17.4 Å². The molecular formula is C28H30N2O5. The van der Waals surface area contributed by atoms with Gasteiger partial charge in [0.05, 0.1) is 23.4 Å². The highest BCUT2D eigenvalue weighted by molar-refractivity contribution is 6.22. The van der Waals surface area contributed by atoms with E-state index in [1.807, 2.05) is 32.0 Å². The van der Waals surface area contributed by atoms with Gasteiger partial charge in [-0.05, 0) is 86.6 Å². The number of anilines is 2. The molecule has 2 heterocycles. The number of ether oxygens (including phenoxy) is 1. The molecule has 2 aliphatic heterocycles. The molecule has 7 heteroatoms. The van der Waals surface area contributed by atoms with Gasteiger partial charge >= 0.3 is 5.97 Å². The van der Waals surface area contributed by atoms with Crippen LogP contribution in [0.3, 0.4) is 0 Å². The monoisotopic (exact) mass is 474 g/mol. The third kappa shape index (κ3) is 4.24. The summed E-state index contributed by atoms with van der Waals surface area (Å²) in [5.41, 5.74) is 3.52. The third-order valence-electron chi connectivity index (χ3n) is 7.76. The van der Waals surface area contributed by atoms with Crippen LogP contribution >= 0.6 is 0 Å². The number of amides is 3. The minimum atomic E-state index is -0.560. The van der Waals surface area contributed by atoms with E-state index >= 15 is 0 Å². The van der Waals surface area contributed by atoms with Crippen molar-refractivity contribution in [1.29, 1.82) is 0 Å². The lowest BCUT2D eigenvalue weighted by Gasteiger charge is -2.25. The maximum atomic E-state index is 12.9. The van der Waals surface area contributed by atoms with Gasteiger partial charge in [0.1, 0.15) is 5.75 Å². The summed E-state index contributed by atoms with van der Waals surface area (Å²) in [4.78, 5) is 54.1. The zero-order valence-electron chi connectivity index (χ0n) is 20.3. The van der Waals surface area contributed by atoms with Crippen molar-refractivity contribution in [1.82, 2.24) is 0 Å². The maximum Gasteiger partial charge on any atom is 0.316 e. The van der Waals surface area contributed by atoms with Gasteiger partial charge in [0.15, 0.2) is 0 Å². The highest BCUT2D eigenvalue weighted by Crippen LogP contribution is 2.42. The predicted octanol–water partition coefficient (Wildman–Crippen LogP) is 4.19. The molecule has 0 bridgehead atoms. The SMILES string of the molecule is Cc1ccc(N2C[C@H](C(=O)Oc3ccc(N4C(=O)[C@@H]5CC[C@H](C)C[C@H]5C4=O)cc3)CC2=O)cc1C. The Kier molecular flexibility index (Phi) is 5.95. The molecule has 1 saturated carbocycles. The lowest BCUT2D eigenvalue weighted by atomic mass is 9.76. The predicted molar refractivity (Wildman–Crippen MR) is 131 cm³/mol. The van der Waals surface area contributed by atoms with Gasteiger partial charge < -0.3 is 9.64 Å². The topological polar surface area (TPSA) is 84.0 Å². The van der Waals surface area contributed by atoms with Gasteiger partial charge in [-0.25, -0.2) is 0 Å². The Hall–Kier alpha value is -3.48. The van der Waals surface area contributed by atoms with E-state index in [1.165, 1.54) is 4.90 Å². The molecule has 0 aromatic heterocycles. The molecule has 2 aromatic carbocycles. The molecule has 0 radical (unpaired) electrons. The lowest BCUT2D eigenvalue weighted by Crippen LogP contribution is -2.30. The summed E-state index contributed by atoms with van der Waals surface area (Å²) >= 11 is 0. The van der Waals surface area contributed by atoms with Crippen molar-refractivity contribution in [3.8, 4) is 5.75 Å². The van der Waals surface area contributed by atoms with Gasteiger partial charge in [0, 0.05) is 18.7 Å². The Labute approximate surface area is 205 Å². The van der Waals surface area contributed by atoms with Crippen LogP contribution in [0.2, 0.25) is 0 Å². The maximum absolute atomic E-state index is 12.9. The van der Waals surface area contributed by atoms with Gasteiger partial charge in [0.2, 0.25) is 17.7 Å². The van der Waals surface area contributed by atoms with Crippen molar-refractivity contribution >= 4 is 35.1 Å². The fraction of sp³-hybridized carbons (Fsp3) is 0.429. The van der Waals surface area contributed by atoms with Crippen LogP contribution in [-0.2, 0) is 19.2 Å². The molecule has 182 valence electrons. The summed E-state index contributed by atoms with van der Waals surface area (Å²) < 4.78 is 5.55. The summed E-state index contributed by atoms with van der Waals surface area (Å²) in [7, 11) is 0. The molecule has 3 fully saturated rings. The number of benzene rings is 2. The van der Waals surface area contributed by atoms with Crippen LogP contribution in [0.1, 0.15) is 43.7 Å². The van der Waals surface area contributed by atoms with Crippen LogP contribution in [-0.4, -0.2) is 30.2 Å². The first-order chi connectivity index (χ1) is 16.7. The number of carbonyl (C=O) groups excluding carboxylic acids is 4. The second kappa shape index (κ2) is 8.95. The molecule has 4 atom stereocenters. The number of imide groups is 1. The Balaban J connectivity index is 1.24. The van der Waals surface area contributed by atoms with Crippen LogP contribution in [0.5, 0.6) is 5.75 Å². The first-order valence-corrected chi connectivity index (χ1v) is 12.3. The minimum Gasteiger partial charge on any atom is -0.426 e. The van der Waals surface area contributed by atoms with Crippen LogP contribution in [0.4, 0.5) is 11.4 Å². The van der Waals surface area contributed by atoms with Crippen molar-refractivity contribution in [3.63, 3.8) is 0 Å². The molecule has 1 aliphatic carbocycles. The molecule has 2 aromatic rings. The van der Waals surface area contributed by atoms with Gasteiger partial charge in [0.25, 0.3) is 0 Å². The van der Waals surface area contributed by atoms with E-state index in [9.17, 15) is 19.2 Å². The molecule has 2 saturated heterocycles. The number of hydrogen-bond donors (Lipinski definition) is 0. The van der Waals surface area contributed by atoms with Crippen molar-refractivity contribution < 1.29 is 23.9 Å². The molecule has 5 rings (SSSR count). The van der Waals surface area contributed by atoms with Gasteiger partial charge in [-0.2, -0.15) is 0 Å². The van der Waals surface area contributed by atoms with Crippen LogP contribution < -0.4 is 14.5 Å². The van der Waals surface area contributed by atoms with E-state index in [4.69, 9.17) is 4.74 Å². The summed E-state index contributed by atoms with van der Waals surface area (Å²) in [6.07, 6.45) is 2.57. The van der Waals surface area contributed by atoms with E-state index in [1.54, 1.807) is 29.2 Å². The number of aryl methyl sites for hydroxylation is 2. The van der Waals surface area contributed by atoms with E-state index in [0.717, 1.165) is 36.1 Å². The Bertz CT molecular complexity index is 1200. The first-order valence-electron chi connectivity index (χ1n) is 12.3. The average molecular weight is 475 g/mol. The van der Waals surface area contributed by atoms with Crippen molar-refractivity contribution in [2.75, 3.05) is 16.3 Å². The smallest absolute Gasteiger partial charge is 0.316 e. The van der Waals surface area contributed by atoms with E-state index < -0.39 is 11.9 Å². The number of carbonyl (C=O) groups is 4. The molecular weight excluding hydrogens is 444 g/mol. The Morgan fingerprint density at radius 3 is 2.29 bits per heavy atom. The summed E-state index contributed by atoms with van der Waals surface area (Å²) in [6.45, 7) is 6.40. The first kappa shape index (κ1) is 23.3. The van der Waals surface area contributed by atoms with Gasteiger partial charge in [-0.1, -0.05) is 13.0 Å². The normalized spacial score (nSPS) is 26.3. The standard InChI is InChI=1S/C28H30N2O5/c1-16-4-11-23-24(12-16)27(33)30(26(23)32)20-7-9-22(10-8-20)35-28(34)19-14-25(31)29(15-19)21-6-5-17(2)18(3)13-21/h5-10,13,16,19,23-24H,4,11-12,14-15H2,1-3H3/t16-,19+,23+,24+/m0/s1. The number of esters is 1. The fourth-order valence-corrected chi connectivity index (χ4v) is 5.52. The van der Waals surface area contributed by atoms with Crippen LogP contribution in [0.15, 0.2) is 42.5 Å². The number of hydrogen-bond acceptors (Lipinski definition) is 5. The highest BCUT2D eigenvalue weighted by Gasteiger charge is 2.50. The highest BCUT2D eigenvalue weighted by atomic mass is 16.5. The fourth-order valence-electron chi connectivity index (χ4n) is 5.52. The molecule has 7 nitrogen and oxygen atoms in total. The third-order valence-corrected chi connectivity index (χ3v) is 7.76. The lowest BCUT2D eigenvalue weighted by molar-refractivity contribution is -0.139. The molecule has 0 unspecified atom stereocenters. The number of nitrogens with zero attached hydrogens (tertiary/aromatic N) is 2. The van der Waals surface area contributed by atoms with E-state index in [-0.39, 0.29) is 42.5 Å². The number of rotatable bonds is 4. The van der Waals surface area contributed by atoms with Crippen molar-refractivity contribution in [2.45, 2.75) is 46.5 Å². The molecule has 3 amide bonds. The van der Waals surface area contributed by atoms with Crippen LogP contribution in [0, 0.1) is 37.5 Å². The second-order valence-corrected chi connectivity index (χ2v) is 10.2. The average Bonchev–Trinajstić information content (AvgIpc) is 3.34. The minimum absolute atomic E-state index is 0.0990. The van der Waals surface area contributed by atoms with Crippen molar-refractivity contribution in [2.24, 2.45) is 23.7 Å². The Morgan fingerprint density at radius 2 is 1.57 bits per heavy atom. The largest absolute Gasteiger partial charge is 0.426 e. The van der Waals surface area contributed by atoms with Gasteiger partial charge in [-0.3, -0.25) is 24.1 Å². The second-order valence-electron chi connectivity index (χ2n) is 10.2. The summed E-state index contributed by atoms with van der Waals surface area (Å²) in [5.74, 6) is -1.09. The zero-order chi connectivity index (χ0) is 24.9. The summed E-state index contributed by atoms with van der Waals surface area (Å²) in [6, 6.07) is 12.3. The van der Waals surface area contributed by atoms with Gasteiger partial charge in [-0.15, -0.1) is 0 Å². The zero-order valence-corrected chi connectivity index (χ0v) is 20.3. The molecule has 0 N–H and O–H groups in total. The molecule has 35 heavy (non-hydrogen) atoms. The van der Waals surface area contributed by atoms with Crippen LogP contribution in [0.25, 0.3) is 0 Å². The molecule has 0 spiro atoms. The Morgan fingerprint density at radius 1 is 0.886 bits per heavy atom. The van der Waals surface area contributed by atoms with E-state index in [2.05, 4.69) is 6.92 Å². The van der Waals surface area contributed by atoms with Crippen molar-refractivity contribution in [3.05, 3.63) is 53.6 Å². The molecule has 3 aliphatic rings. The number of fused-ring (bicyclic) bond motifs is 1. The quantitative estimate of drug-likeness (QED) is 0.377.